The van der Waals surface area contributed by atoms with Crippen molar-refractivity contribution >= 4 is 38.3 Å². The van der Waals surface area contributed by atoms with Crippen LogP contribution in [0.2, 0.25) is 0 Å². The number of H-pyrrole nitrogens is 1. The zero-order valence-electron chi connectivity index (χ0n) is 5.57. The van der Waals surface area contributed by atoms with Gasteiger partial charge >= 0.3 is 0 Å². The summed E-state index contributed by atoms with van der Waals surface area (Å²) in [6.07, 6.45) is 2.99. The van der Waals surface area contributed by atoms with E-state index in [-0.39, 0.29) is 0 Å². The Morgan fingerprint density at radius 1 is 1.73 bits per heavy atom. The van der Waals surface area contributed by atoms with E-state index in [4.69, 9.17) is 23.1 Å². The second-order valence-corrected chi connectivity index (χ2v) is 3.20. The molecule has 0 aliphatic rings. The highest BCUT2D eigenvalue weighted by Gasteiger charge is 2.07. The summed E-state index contributed by atoms with van der Waals surface area (Å²) >= 11 is 8.94. The maximum absolute atomic E-state index is 5.71. The third kappa shape index (κ3) is 1.52. The van der Waals surface area contributed by atoms with Crippen molar-refractivity contribution < 1.29 is 0 Å². The standard InChI is InChI=1S/C6H7BrClN3/c7-3-2-11-6(5(3)10)4(8)1-9/h1-2,11H,9-10H2/b4-1+. The molecule has 0 atom stereocenters. The Morgan fingerprint density at radius 3 is 2.73 bits per heavy atom. The van der Waals surface area contributed by atoms with E-state index in [1.807, 2.05) is 0 Å². The number of hydrogen-bond donors (Lipinski definition) is 3. The molecular weight excluding hydrogens is 229 g/mol. The van der Waals surface area contributed by atoms with E-state index >= 15 is 0 Å². The van der Waals surface area contributed by atoms with Crippen LogP contribution in [0.3, 0.4) is 0 Å². The van der Waals surface area contributed by atoms with Crippen molar-refractivity contribution in [1.82, 2.24) is 4.98 Å². The van der Waals surface area contributed by atoms with Crippen LogP contribution < -0.4 is 11.5 Å². The van der Waals surface area contributed by atoms with E-state index in [0.29, 0.717) is 16.4 Å². The molecule has 1 aromatic heterocycles. The molecule has 0 fully saturated rings. The first-order chi connectivity index (χ1) is 5.16. The molecule has 1 rings (SSSR count). The van der Waals surface area contributed by atoms with Crippen molar-refractivity contribution in [3.63, 3.8) is 0 Å². The second-order valence-electron chi connectivity index (χ2n) is 1.94. The summed E-state index contributed by atoms with van der Waals surface area (Å²) in [4.78, 5) is 2.87. The number of aromatic nitrogens is 1. The zero-order valence-corrected chi connectivity index (χ0v) is 7.91. The van der Waals surface area contributed by atoms with Gasteiger partial charge in [-0.1, -0.05) is 11.6 Å². The molecule has 0 saturated heterocycles. The summed E-state index contributed by atoms with van der Waals surface area (Å²) in [6, 6.07) is 0. The van der Waals surface area contributed by atoms with Gasteiger partial charge in [-0.2, -0.15) is 0 Å². The number of aromatic amines is 1. The van der Waals surface area contributed by atoms with Gasteiger partial charge in [0.1, 0.15) is 0 Å². The molecule has 0 aliphatic heterocycles. The lowest BCUT2D eigenvalue weighted by atomic mass is 10.3. The Morgan fingerprint density at radius 2 is 2.36 bits per heavy atom. The Kier molecular flexibility index (Phi) is 2.46. The second kappa shape index (κ2) is 3.19. The highest BCUT2D eigenvalue weighted by Crippen LogP contribution is 2.29. The van der Waals surface area contributed by atoms with Crippen LogP contribution in [0.25, 0.3) is 5.03 Å². The quantitative estimate of drug-likeness (QED) is 0.697. The van der Waals surface area contributed by atoms with Crippen LogP contribution >= 0.6 is 27.5 Å². The lowest BCUT2D eigenvalue weighted by molar-refractivity contribution is 1.36. The fourth-order valence-electron chi connectivity index (χ4n) is 0.691. The molecule has 5 heteroatoms. The Labute approximate surface area is 77.5 Å². The number of anilines is 1. The van der Waals surface area contributed by atoms with Crippen molar-refractivity contribution in [1.29, 1.82) is 0 Å². The molecule has 0 radical (unpaired) electrons. The molecular formula is C6H7BrClN3. The number of nitrogens with two attached hydrogens (primary N) is 2. The van der Waals surface area contributed by atoms with Crippen molar-refractivity contribution in [2.24, 2.45) is 5.73 Å². The van der Waals surface area contributed by atoms with Crippen LogP contribution in [-0.2, 0) is 0 Å². The third-order valence-electron chi connectivity index (χ3n) is 1.26. The van der Waals surface area contributed by atoms with Crippen molar-refractivity contribution in [3.8, 4) is 0 Å². The van der Waals surface area contributed by atoms with Crippen LogP contribution in [0.15, 0.2) is 16.9 Å². The number of rotatable bonds is 1. The van der Waals surface area contributed by atoms with Gasteiger partial charge in [0.2, 0.25) is 0 Å². The maximum Gasteiger partial charge on any atom is 0.0830 e. The lowest BCUT2D eigenvalue weighted by Gasteiger charge is -1.95. The summed E-state index contributed by atoms with van der Waals surface area (Å²) < 4.78 is 0.785. The molecule has 0 aliphatic carbocycles. The predicted molar refractivity (Wildman–Crippen MR) is 50.9 cm³/mol. The van der Waals surface area contributed by atoms with Crippen molar-refractivity contribution in [2.75, 3.05) is 5.73 Å². The minimum atomic E-state index is 0.410. The first-order valence-electron chi connectivity index (χ1n) is 2.87. The SMILES string of the molecule is N/C=C(/Cl)c1[nH]cc(Br)c1N. The maximum atomic E-state index is 5.71. The summed E-state index contributed by atoms with van der Waals surface area (Å²) in [6.45, 7) is 0. The Hall–Kier alpha value is -0.610. The van der Waals surface area contributed by atoms with Crippen molar-refractivity contribution in [3.05, 3.63) is 22.6 Å². The van der Waals surface area contributed by atoms with Crippen LogP contribution in [0.1, 0.15) is 5.69 Å². The minimum absolute atomic E-state index is 0.410. The molecule has 0 saturated carbocycles. The number of nitrogen functional groups attached to an aromatic ring is 1. The molecule has 5 N–H and O–H groups in total. The van der Waals surface area contributed by atoms with Crippen LogP contribution in [0.5, 0.6) is 0 Å². The van der Waals surface area contributed by atoms with Gasteiger partial charge in [-0.15, -0.1) is 0 Å². The summed E-state index contributed by atoms with van der Waals surface area (Å²) in [5.74, 6) is 0. The normalized spacial score (nSPS) is 12.0. The molecule has 3 nitrogen and oxygen atoms in total. The van der Waals surface area contributed by atoms with E-state index in [1.54, 1.807) is 6.20 Å². The lowest BCUT2D eigenvalue weighted by Crippen LogP contribution is -1.90. The van der Waals surface area contributed by atoms with Gasteiger partial charge in [0.15, 0.2) is 0 Å². The molecule has 1 heterocycles. The molecule has 0 unspecified atom stereocenters. The topological polar surface area (TPSA) is 67.8 Å². The first-order valence-corrected chi connectivity index (χ1v) is 4.04. The van der Waals surface area contributed by atoms with E-state index < -0.39 is 0 Å². The van der Waals surface area contributed by atoms with Gasteiger partial charge in [-0.05, 0) is 15.9 Å². The highest BCUT2D eigenvalue weighted by atomic mass is 79.9. The van der Waals surface area contributed by atoms with Crippen LogP contribution in [0, 0.1) is 0 Å². The van der Waals surface area contributed by atoms with Crippen LogP contribution in [0.4, 0.5) is 5.69 Å². The first kappa shape index (κ1) is 8.49. The van der Waals surface area contributed by atoms with E-state index in [1.165, 1.54) is 6.20 Å². The van der Waals surface area contributed by atoms with Gasteiger partial charge in [-0.3, -0.25) is 0 Å². The molecule has 0 amide bonds. The molecule has 1 aromatic rings. The van der Waals surface area contributed by atoms with Crippen molar-refractivity contribution in [2.45, 2.75) is 0 Å². The van der Waals surface area contributed by atoms with E-state index in [0.717, 1.165) is 4.47 Å². The Bertz CT molecular complexity index is 292. The summed E-state index contributed by atoms with van der Waals surface area (Å²) in [7, 11) is 0. The Balaban J connectivity index is 3.15. The van der Waals surface area contributed by atoms with Crippen LogP contribution in [-0.4, -0.2) is 4.98 Å². The monoisotopic (exact) mass is 235 g/mol. The average molecular weight is 236 g/mol. The average Bonchev–Trinajstić information content (AvgIpc) is 2.32. The smallest absolute Gasteiger partial charge is 0.0830 e. The largest absolute Gasteiger partial charge is 0.403 e. The fraction of sp³-hybridized carbons (Fsp3) is 0. The predicted octanol–water partition coefficient (Wildman–Crippen LogP) is 1.86. The number of halogens is 2. The number of nitrogens with one attached hydrogen (secondary N) is 1. The molecule has 60 valence electrons. The van der Waals surface area contributed by atoms with Gasteiger partial charge in [0.05, 0.1) is 20.9 Å². The minimum Gasteiger partial charge on any atom is -0.403 e. The van der Waals surface area contributed by atoms with E-state index in [2.05, 4.69) is 20.9 Å². The molecule has 0 bridgehead atoms. The molecule has 11 heavy (non-hydrogen) atoms. The van der Waals surface area contributed by atoms with Gasteiger partial charge in [-0.25, -0.2) is 0 Å². The summed E-state index contributed by atoms with van der Waals surface area (Å²) in [5, 5.41) is 0.410. The summed E-state index contributed by atoms with van der Waals surface area (Å²) in [5.41, 5.74) is 12.0. The fourth-order valence-corrected chi connectivity index (χ4v) is 1.16. The number of hydrogen-bond acceptors (Lipinski definition) is 2. The van der Waals surface area contributed by atoms with Gasteiger partial charge in [0.25, 0.3) is 0 Å². The highest BCUT2D eigenvalue weighted by molar-refractivity contribution is 9.10. The van der Waals surface area contributed by atoms with E-state index in [9.17, 15) is 0 Å². The molecule has 0 spiro atoms. The van der Waals surface area contributed by atoms with Gasteiger partial charge in [0, 0.05) is 12.4 Å². The molecule has 0 aromatic carbocycles. The van der Waals surface area contributed by atoms with Gasteiger partial charge < -0.3 is 16.5 Å². The zero-order chi connectivity index (χ0) is 8.43. The third-order valence-corrected chi connectivity index (χ3v) is 2.23.